The topological polar surface area (TPSA) is 75.0 Å². The molecule has 8 heteroatoms. The van der Waals surface area contributed by atoms with Crippen molar-refractivity contribution in [2.75, 3.05) is 6.54 Å². The number of halogens is 2. The zero-order valence-corrected chi connectivity index (χ0v) is 12.8. The molecule has 124 valence electrons. The Morgan fingerprint density at radius 3 is 2.96 bits per heavy atom. The van der Waals surface area contributed by atoms with Gasteiger partial charge in [0.1, 0.15) is 6.04 Å². The second-order valence-electron chi connectivity index (χ2n) is 5.91. The Morgan fingerprint density at radius 1 is 1.38 bits per heavy atom. The van der Waals surface area contributed by atoms with Crippen LogP contribution in [0.5, 0.6) is 0 Å². The van der Waals surface area contributed by atoms with Crippen LogP contribution in [0.3, 0.4) is 0 Å². The van der Waals surface area contributed by atoms with Gasteiger partial charge in [0.05, 0.1) is 6.54 Å². The number of carbonyl (C=O) groups is 1. The van der Waals surface area contributed by atoms with Crippen LogP contribution in [0.15, 0.2) is 34.9 Å². The number of alkyl halides is 2. The summed E-state index contributed by atoms with van der Waals surface area (Å²) < 4.78 is 33.2. The molecule has 0 aliphatic carbocycles. The van der Waals surface area contributed by atoms with Crippen LogP contribution in [0.25, 0.3) is 10.9 Å². The molecular formula is C16H14F2N4O2. The highest BCUT2D eigenvalue weighted by molar-refractivity contribution is 6.06. The molecule has 1 amide bonds. The van der Waals surface area contributed by atoms with Gasteiger partial charge in [-0.05, 0) is 18.2 Å². The molecule has 2 aromatic heterocycles. The van der Waals surface area contributed by atoms with Gasteiger partial charge < -0.3 is 14.3 Å². The summed E-state index contributed by atoms with van der Waals surface area (Å²) in [5.74, 6) is -3.15. The standard InChI is InChI=1S/C16H14F2N4O2/c1-9-20-21-14(24-9)13-7-16(17,18)8-22(13)15(23)11-3-2-4-12-10(11)5-6-19-12/h2-6,13,19H,7-8H2,1H3/t13-/m0/s1. The van der Waals surface area contributed by atoms with Crippen LogP contribution in [-0.4, -0.2) is 38.5 Å². The Morgan fingerprint density at radius 2 is 2.21 bits per heavy atom. The number of hydrogen-bond acceptors (Lipinski definition) is 4. The number of hydrogen-bond donors (Lipinski definition) is 1. The molecule has 1 aromatic carbocycles. The Bertz CT molecular complexity index is 918. The fraction of sp³-hybridized carbons (Fsp3) is 0.312. The summed E-state index contributed by atoms with van der Waals surface area (Å²) in [6, 6.07) is 5.99. The lowest BCUT2D eigenvalue weighted by Gasteiger charge is -2.21. The van der Waals surface area contributed by atoms with Gasteiger partial charge in [-0.2, -0.15) is 0 Å². The molecule has 0 spiro atoms. The number of nitrogens with zero attached hydrogens (tertiary/aromatic N) is 3. The van der Waals surface area contributed by atoms with Crippen LogP contribution in [0, 0.1) is 6.92 Å². The van der Waals surface area contributed by atoms with Crippen molar-refractivity contribution in [3.63, 3.8) is 0 Å². The van der Waals surface area contributed by atoms with Crippen molar-refractivity contribution in [2.24, 2.45) is 0 Å². The highest BCUT2D eigenvalue weighted by Crippen LogP contribution is 2.41. The number of amides is 1. The Hall–Kier alpha value is -2.77. The van der Waals surface area contributed by atoms with E-state index in [4.69, 9.17) is 4.42 Å². The van der Waals surface area contributed by atoms with E-state index in [9.17, 15) is 13.6 Å². The quantitative estimate of drug-likeness (QED) is 0.782. The third-order valence-electron chi connectivity index (χ3n) is 4.18. The first-order chi connectivity index (χ1) is 11.4. The number of aromatic amines is 1. The average molecular weight is 332 g/mol. The number of nitrogens with one attached hydrogen (secondary N) is 1. The maximum absolute atomic E-state index is 14.0. The Labute approximate surface area is 135 Å². The number of H-pyrrole nitrogens is 1. The SMILES string of the molecule is Cc1nnc([C@@H]2CC(F)(F)CN2C(=O)c2cccc3[nH]ccc23)o1. The van der Waals surface area contributed by atoms with E-state index < -0.39 is 30.8 Å². The first kappa shape index (κ1) is 14.8. The average Bonchev–Trinajstić information content (AvgIpc) is 3.23. The number of fused-ring (bicyclic) bond motifs is 1. The van der Waals surface area contributed by atoms with Gasteiger partial charge >= 0.3 is 0 Å². The first-order valence-electron chi connectivity index (χ1n) is 7.49. The summed E-state index contributed by atoms with van der Waals surface area (Å²) in [7, 11) is 0. The minimum atomic E-state index is -2.99. The van der Waals surface area contributed by atoms with E-state index in [1.165, 1.54) is 0 Å². The van der Waals surface area contributed by atoms with E-state index in [-0.39, 0.29) is 11.8 Å². The molecule has 0 radical (unpaired) electrons. The molecule has 1 atom stereocenters. The largest absolute Gasteiger partial charge is 0.423 e. The summed E-state index contributed by atoms with van der Waals surface area (Å²) >= 11 is 0. The van der Waals surface area contributed by atoms with E-state index in [0.29, 0.717) is 10.9 Å². The predicted molar refractivity (Wildman–Crippen MR) is 80.7 cm³/mol. The number of benzene rings is 1. The van der Waals surface area contributed by atoms with E-state index in [0.717, 1.165) is 10.4 Å². The van der Waals surface area contributed by atoms with Crippen LogP contribution < -0.4 is 0 Å². The van der Waals surface area contributed by atoms with Crippen LogP contribution in [-0.2, 0) is 0 Å². The number of aryl methyl sites for hydroxylation is 1. The van der Waals surface area contributed by atoms with E-state index in [2.05, 4.69) is 15.2 Å². The van der Waals surface area contributed by atoms with Crippen molar-refractivity contribution in [1.29, 1.82) is 0 Å². The summed E-state index contributed by atoms with van der Waals surface area (Å²) in [4.78, 5) is 17.1. The molecular weight excluding hydrogens is 318 g/mol. The zero-order valence-electron chi connectivity index (χ0n) is 12.8. The molecule has 3 heterocycles. The van der Waals surface area contributed by atoms with E-state index >= 15 is 0 Å². The van der Waals surface area contributed by atoms with Gasteiger partial charge in [-0.1, -0.05) is 6.07 Å². The molecule has 24 heavy (non-hydrogen) atoms. The van der Waals surface area contributed by atoms with Crippen LogP contribution in [0.1, 0.15) is 34.6 Å². The minimum absolute atomic E-state index is 0.0410. The van der Waals surface area contributed by atoms with Gasteiger partial charge in [-0.3, -0.25) is 4.79 Å². The first-order valence-corrected chi connectivity index (χ1v) is 7.49. The third kappa shape index (κ3) is 2.34. The van der Waals surface area contributed by atoms with Crippen molar-refractivity contribution in [2.45, 2.75) is 25.3 Å². The van der Waals surface area contributed by atoms with Crippen LogP contribution in [0.4, 0.5) is 8.78 Å². The van der Waals surface area contributed by atoms with Crippen LogP contribution >= 0.6 is 0 Å². The van der Waals surface area contributed by atoms with Gasteiger partial charge in [0, 0.05) is 36.0 Å². The zero-order chi connectivity index (χ0) is 16.9. The molecule has 1 fully saturated rings. The lowest BCUT2D eigenvalue weighted by atomic mass is 10.1. The molecule has 4 rings (SSSR count). The fourth-order valence-corrected chi connectivity index (χ4v) is 3.12. The molecule has 1 aliphatic heterocycles. The summed E-state index contributed by atoms with van der Waals surface area (Å²) in [5.41, 5.74) is 1.14. The van der Waals surface area contributed by atoms with Gasteiger partial charge in [0.15, 0.2) is 0 Å². The molecule has 0 saturated carbocycles. The fourth-order valence-electron chi connectivity index (χ4n) is 3.12. The third-order valence-corrected chi connectivity index (χ3v) is 4.18. The van der Waals surface area contributed by atoms with Gasteiger partial charge in [0.25, 0.3) is 11.8 Å². The molecule has 1 aliphatic rings. The maximum atomic E-state index is 14.0. The van der Waals surface area contributed by atoms with Crippen LogP contribution in [0.2, 0.25) is 0 Å². The second-order valence-corrected chi connectivity index (χ2v) is 5.91. The molecule has 0 bridgehead atoms. The van der Waals surface area contributed by atoms with Crippen molar-refractivity contribution < 1.29 is 18.0 Å². The summed E-state index contributed by atoms with van der Waals surface area (Å²) in [5, 5.41) is 8.20. The van der Waals surface area contributed by atoms with Crippen molar-refractivity contribution in [1.82, 2.24) is 20.1 Å². The monoisotopic (exact) mass is 332 g/mol. The maximum Gasteiger partial charge on any atom is 0.267 e. The Balaban J connectivity index is 1.75. The highest BCUT2D eigenvalue weighted by Gasteiger charge is 2.50. The normalized spacial score (nSPS) is 20.0. The van der Waals surface area contributed by atoms with Crippen molar-refractivity contribution >= 4 is 16.8 Å². The van der Waals surface area contributed by atoms with E-state index in [1.54, 1.807) is 31.3 Å². The smallest absolute Gasteiger partial charge is 0.267 e. The summed E-state index contributed by atoms with van der Waals surface area (Å²) in [6.45, 7) is 0.912. The molecule has 1 N–H and O–H groups in total. The molecule has 3 aromatic rings. The predicted octanol–water partition coefficient (Wildman–Crippen LogP) is 3.08. The molecule has 0 unspecified atom stereocenters. The minimum Gasteiger partial charge on any atom is -0.423 e. The van der Waals surface area contributed by atoms with Gasteiger partial charge in [0.2, 0.25) is 11.8 Å². The lowest BCUT2D eigenvalue weighted by molar-refractivity contribution is 0.0117. The number of rotatable bonds is 2. The second kappa shape index (κ2) is 5.12. The van der Waals surface area contributed by atoms with E-state index in [1.807, 2.05) is 6.07 Å². The highest BCUT2D eigenvalue weighted by atomic mass is 19.3. The van der Waals surface area contributed by atoms with Crippen molar-refractivity contribution in [3.05, 3.63) is 47.8 Å². The molecule has 6 nitrogen and oxygen atoms in total. The molecule has 1 saturated heterocycles. The van der Waals surface area contributed by atoms with Gasteiger partial charge in [-0.15, -0.1) is 10.2 Å². The lowest BCUT2D eigenvalue weighted by Crippen LogP contribution is -2.33. The van der Waals surface area contributed by atoms with Crippen molar-refractivity contribution in [3.8, 4) is 0 Å². The Kier molecular flexibility index (Phi) is 3.16. The number of carbonyl (C=O) groups excluding carboxylic acids is 1. The summed E-state index contributed by atoms with van der Waals surface area (Å²) in [6.07, 6.45) is 1.18. The number of aromatic nitrogens is 3. The number of likely N-dealkylation sites (tertiary alicyclic amines) is 1. The van der Waals surface area contributed by atoms with Gasteiger partial charge in [-0.25, -0.2) is 8.78 Å².